The van der Waals surface area contributed by atoms with Gasteiger partial charge < -0.3 is 0 Å². The quantitative estimate of drug-likeness (QED) is 0.670. The minimum absolute atomic E-state index is 0.691. The predicted molar refractivity (Wildman–Crippen MR) is 68.2 cm³/mol. The first-order valence-electron chi connectivity index (χ1n) is 6.15. The second-order valence-electron chi connectivity index (χ2n) is 5.11. The van der Waals surface area contributed by atoms with Crippen molar-refractivity contribution in [3.8, 4) is 0 Å². The zero-order valence-electron chi connectivity index (χ0n) is 10.7. The van der Waals surface area contributed by atoms with E-state index in [0.29, 0.717) is 5.92 Å². The summed E-state index contributed by atoms with van der Waals surface area (Å²) >= 11 is 0. The maximum Gasteiger partial charge on any atom is -0.0116 e. The van der Waals surface area contributed by atoms with E-state index in [1.54, 1.807) is 0 Å². The summed E-state index contributed by atoms with van der Waals surface area (Å²) in [6.45, 7) is 11.5. The van der Waals surface area contributed by atoms with Crippen LogP contribution in [0.4, 0.5) is 0 Å². The van der Waals surface area contributed by atoms with Crippen LogP contribution < -0.4 is 0 Å². The van der Waals surface area contributed by atoms with E-state index in [4.69, 9.17) is 0 Å². The molecule has 0 N–H and O–H groups in total. The largest absolute Gasteiger partial charge is 0.0622 e. The lowest BCUT2D eigenvalue weighted by atomic mass is 9.80. The molecule has 0 nitrogen and oxygen atoms in total. The minimum atomic E-state index is 0.691. The van der Waals surface area contributed by atoms with Crippen LogP contribution in [0.2, 0.25) is 0 Å². The van der Waals surface area contributed by atoms with Crippen LogP contribution in [0.1, 0.15) is 51.7 Å². The molecule has 0 unspecified atom stereocenters. The average molecular weight is 204 g/mol. The third-order valence-corrected chi connectivity index (χ3v) is 3.21. The molecule has 1 aromatic carbocycles. The van der Waals surface area contributed by atoms with Crippen LogP contribution in [0, 0.1) is 11.8 Å². The molecule has 0 saturated carbocycles. The Morgan fingerprint density at radius 1 is 0.867 bits per heavy atom. The fraction of sp³-hybridized carbons (Fsp3) is 0.600. The van der Waals surface area contributed by atoms with Crippen molar-refractivity contribution in [1.82, 2.24) is 0 Å². The van der Waals surface area contributed by atoms with Crippen molar-refractivity contribution in [2.24, 2.45) is 11.8 Å². The first kappa shape index (κ1) is 12.3. The van der Waals surface area contributed by atoms with Gasteiger partial charge in [-0.05, 0) is 35.3 Å². The molecule has 0 saturated heterocycles. The molecule has 1 aromatic rings. The van der Waals surface area contributed by atoms with Crippen molar-refractivity contribution < 1.29 is 0 Å². The Labute approximate surface area is 94.7 Å². The van der Waals surface area contributed by atoms with E-state index in [-0.39, 0.29) is 0 Å². The van der Waals surface area contributed by atoms with Crippen LogP contribution in [0.25, 0.3) is 0 Å². The summed E-state index contributed by atoms with van der Waals surface area (Å²) in [5.41, 5.74) is 2.93. The maximum absolute atomic E-state index is 2.32. The zero-order chi connectivity index (χ0) is 11.4. The number of hydrogen-bond acceptors (Lipinski definition) is 0. The molecule has 0 atom stereocenters. The van der Waals surface area contributed by atoms with Crippen molar-refractivity contribution in [3.63, 3.8) is 0 Å². The highest BCUT2D eigenvalue weighted by molar-refractivity contribution is 5.26. The molecular formula is C15H24. The van der Waals surface area contributed by atoms with Crippen LogP contribution in [-0.4, -0.2) is 0 Å². The third kappa shape index (κ3) is 3.09. The summed E-state index contributed by atoms with van der Waals surface area (Å²) in [5.74, 6) is 2.13. The summed E-state index contributed by atoms with van der Waals surface area (Å²) in [4.78, 5) is 0. The molecule has 84 valence electrons. The van der Waals surface area contributed by atoms with Gasteiger partial charge in [-0.3, -0.25) is 0 Å². The standard InChI is InChI=1S/C15H24/c1-6-13-7-9-14(10-8-13)15(11(2)3)12(4)5/h7-12,15H,6H2,1-5H3. The normalized spacial score (nSPS) is 11.7. The van der Waals surface area contributed by atoms with Crippen molar-refractivity contribution >= 4 is 0 Å². The smallest absolute Gasteiger partial charge is 0.0116 e. The van der Waals surface area contributed by atoms with Gasteiger partial charge in [0.05, 0.1) is 0 Å². The Bertz CT molecular complexity index is 271. The molecule has 0 heterocycles. The SMILES string of the molecule is CCc1ccc(C(C(C)C)C(C)C)cc1. The molecule has 0 spiro atoms. The van der Waals surface area contributed by atoms with Crippen molar-refractivity contribution in [2.75, 3.05) is 0 Å². The average Bonchev–Trinajstić information content (AvgIpc) is 2.18. The highest BCUT2D eigenvalue weighted by Gasteiger charge is 2.18. The Kier molecular flexibility index (Phi) is 4.38. The molecule has 15 heavy (non-hydrogen) atoms. The van der Waals surface area contributed by atoms with Crippen molar-refractivity contribution in [1.29, 1.82) is 0 Å². The van der Waals surface area contributed by atoms with Crippen LogP contribution in [0.15, 0.2) is 24.3 Å². The number of benzene rings is 1. The van der Waals surface area contributed by atoms with E-state index in [9.17, 15) is 0 Å². The molecule has 1 rings (SSSR count). The molecule has 0 amide bonds. The highest BCUT2D eigenvalue weighted by Crippen LogP contribution is 2.31. The fourth-order valence-electron chi connectivity index (χ4n) is 2.52. The van der Waals surface area contributed by atoms with Crippen LogP contribution in [0.5, 0.6) is 0 Å². The van der Waals surface area contributed by atoms with Gasteiger partial charge in [-0.1, -0.05) is 58.9 Å². The van der Waals surface area contributed by atoms with Crippen LogP contribution in [0.3, 0.4) is 0 Å². The Morgan fingerprint density at radius 2 is 1.33 bits per heavy atom. The van der Waals surface area contributed by atoms with Crippen LogP contribution >= 0.6 is 0 Å². The van der Waals surface area contributed by atoms with Gasteiger partial charge in [0, 0.05) is 0 Å². The van der Waals surface area contributed by atoms with E-state index in [1.165, 1.54) is 11.1 Å². The van der Waals surface area contributed by atoms with Gasteiger partial charge in [0.1, 0.15) is 0 Å². The lowest BCUT2D eigenvalue weighted by molar-refractivity contribution is 0.388. The highest BCUT2D eigenvalue weighted by atomic mass is 14.2. The molecule has 0 bridgehead atoms. The molecule has 0 heteroatoms. The second kappa shape index (κ2) is 5.34. The molecule has 0 radical (unpaired) electrons. The topological polar surface area (TPSA) is 0 Å². The van der Waals surface area contributed by atoms with Crippen molar-refractivity contribution in [2.45, 2.75) is 47.0 Å². The summed E-state index contributed by atoms with van der Waals surface area (Å²) in [6.07, 6.45) is 1.13. The summed E-state index contributed by atoms with van der Waals surface area (Å²) in [7, 11) is 0. The lowest BCUT2D eigenvalue weighted by Crippen LogP contribution is -2.13. The van der Waals surface area contributed by atoms with Crippen LogP contribution in [-0.2, 0) is 6.42 Å². The molecule has 0 fully saturated rings. The Morgan fingerprint density at radius 3 is 1.67 bits per heavy atom. The van der Waals surface area contributed by atoms with E-state index >= 15 is 0 Å². The van der Waals surface area contributed by atoms with Gasteiger partial charge >= 0.3 is 0 Å². The third-order valence-electron chi connectivity index (χ3n) is 3.21. The Balaban J connectivity index is 2.92. The van der Waals surface area contributed by atoms with Gasteiger partial charge in [-0.15, -0.1) is 0 Å². The summed E-state index contributed by atoms with van der Waals surface area (Å²) < 4.78 is 0. The van der Waals surface area contributed by atoms with E-state index in [1.807, 2.05) is 0 Å². The first-order chi connectivity index (χ1) is 7.06. The zero-order valence-corrected chi connectivity index (χ0v) is 10.7. The summed E-state index contributed by atoms with van der Waals surface area (Å²) in [6, 6.07) is 9.16. The minimum Gasteiger partial charge on any atom is -0.0622 e. The number of aryl methyl sites for hydroxylation is 1. The van der Waals surface area contributed by atoms with Gasteiger partial charge in [-0.2, -0.15) is 0 Å². The molecule has 0 aliphatic carbocycles. The lowest BCUT2D eigenvalue weighted by Gasteiger charge is -2.25. The van der Waals surface area contributed by atoms with Gasteiger partial charge in [0.2, 0.25) is 0 Å². The Hall–Kier alpha value is -0.780. The summed E-state index contributed by atoms with van der Waals surface area (Å²) in [5, 5.41) is 0. The first-order valence-corrected chi connectivity index (χ1v) is 6.15. The fourth-order valence-corrected chi connectivity index (χ4v) is 2.52. The maximum atomic E-state index is 2.32. The predicted octanol–water partition coefficient (Wildman–Crippen LogP) is 4.64. The van der Waals surface area contributed by atoms with Gasteiger partial charge in [-0.25, -0.2) is 0 Å². The van der Waals surface area contributed by atoms with E-state index in [0.717, 1.165) is 18.3 Å². The van der Waals surface area contributed by atoms with Gasteiger partial charge in [0.15, 0.2) is 0 Å². The molecule has 0 aliphatic heterocycles. The van der Waals surface area contributed by atoms with Gasteiger partial charge in [0.25, 0.3) is 0 Å². The molecule has 0 aromatic heterocycles. The molecular weight excluding hydrogens is 180 g/mol. The second-order valence-corrected chi connectivity index (χ2v) is 5.11. The monoisotopic (exact) mass is 204 g/mol. The number of hydrogen-bond donors (Lipinski definition) is 0. The van der Waals surface area contributed by atoms with E-state index < -0.39 is 0 Å². The van der Waals surface area contributed by atoms with Crippen molar-refractivity contribution in [3.05, 3.63) is 35.4 Å². The molecule has 0 aliphatic rings. The van der Waals surface area contributed by atoms with E-state index in [2.05, 4.69) is 58.9 Å². The number of rotatable bonds is 4.